The Balaban J connectivity index is 1.89. The summed E-state index contributed by atoms with van der Waals surface area (Å²) in [7, 11) is 1.09. The molecule has 7 nitrogen and oxygen atoms in total. The number of rotatable bonds is 6. The van der Waals surface area contributed by atoms with Crippen LogP contribution in [0, 0.1) is 28.9 Å². The summed E-state index contributed by atoms with van der Waals surface area (Å²) in [6.07, 6.45) is 0. The number of halogens is 2. The molecule has 1 aliphatic rings. The normalized spacial score (nSPS) is 17.9. The fraction of sp³-hybridized carbons (Fsp3) is 0.182. The number of hydrogen-bond acceptors (Lipinski definition) is 6. The summed E-state index contributed by atoms with van der Waals surface area (Å²) >= 11 is 0.854. The van der Waals surface area contributed by atoms with Crippen LogP contribution in [0.25, 0.3) is 0 Å². The summed E-state index contributed by atoms with van der Waals surface area (Å²) in [5, 5.41) is 14.8. The zero-order chi connectivity index (χ0) is 23.3. The third-order valence-corrected chi connectivity index (χ3v) is 5.72. The van der Waals surface area contributed by atoms with E-state index in [2.05, 4.69) is 10.6 Å². The largest absolute Gasteiger partial charge is 0.468 e. The van der Waals surface area contributed by atoms with E-state index in [0.29, 0.717) is 5.69 Å². The highest BCUT2D eigenvalue weighted by Crippen LogP contribution is 2.41. The molecule has 0 spiro atoms. The standard InChI is InChI=1S/C22H17F2N3O4S/c1-31-22(30)19-18(14-4-2-3-5-16(14)24)15(10-25)21(27-20(19)29)32-11-17(28)26-13-8-6-12(23)7-9-13/h2-9,18-19H,11H2,1H3,(H,26,28)(H,27,29)/t18-,19-/m0/s1. The maximum absolute atomic E-state index is 14.5. The van der Waals surface area contributed by atoms with E-state index < -0.39 is 41.3 Å². The molecule has 3 rings (SSSR count). The maximum atomic E-state index is 14.5. The van der Waals surface area contributed by atoms with Gasteiger partial charge in [0.15, 0.2) is 0 Å². The van der Waals surface area contributed by atoms with Gasteiger partial charge in [-0.05, 0) is 35.9 Å². The van der Waals surface area contributed by atoms with E-state index in [4.69, 9.17) is 4.74 Å². The van der Waals surface area contributed by atoms with Crippen molar-refractivity contribution in [3.8, 4) is 6.07 Å². The van der Waals surface area contributed by atoms with Gasteiger partial charge < -0.3 is 15.4 Å². The topological polar surface area (TPSA) is 108 Å². The van der Waals surface area contributed by atoms with Gasteiger partial charge in [-0.15, -0.1) is 0 Å². The number of amides is 2. The second kappa shape index (κ2) is 10.1. The third-order valence-electron chi connectivity index (χ3n) is 4.70. The molecule has 0 fully saturated rings. The predicted molar refractivity (Wildman–Crippen MR) is 113 cm³/mol. The molecule has 0 bridgehead atoms. The molecule has 2 amide bonds. The molecule has 2 N–H and O–H groups in total. The van der Waals surface area contributed by atoms with Crippen molar-refractivity contribution in [1.82, 2.24) is 5.32 Å². The number of benzene rings is 2. The van der Waals surface area contributed by atoms with Gasteiger partial charge in [0, 0.05) is 11.6 Å². The first kappa shape index (κ1) is 23.0. The number of hydrogen-bond donors (Lipinski definition) is 2. The number of methoxy groups -OCH3 is 1. The molecule has 0 saturated carbocycles. The van der Waals surface area contributed by atoms with Crippen molar-refractivity contribution in [2.24, 2.45) is 5.92 Å². The fourth-order valence-electron chi connectivity index (χ4n) is 3.25. The lowest BCUT2D eigenvalue weighted by Crippen LogP contribution is -2.44. The molecule has 2 atom stereocenters. The summed E-state index contributed by atoms with van der Waals surface area (Å²) in [4.78, 5) is 37.3. The number of carbonyl (C=O) groups excluding carboxylic acids is 3. The van der Waals surface area contributed by atoms with Crippen molar-refractivity contribution in [2.75, 3.05) is 18.2 Å². The average Bonchev–Trinajstić information content (AvgIpc) is 2.78. The SMILES string of the molecule is COC(=O)[C@@H]1C(=O)NC(SCC(=O)Nc2ccc(F)cc2)=C(C#N)[C@@H]1c1ccccc1F. The van der Waals surface area contributed by atoms with Crippen molar-refractivity contribution in [2.45, 2.75) is 5.92 Å². The monoisotopic (exact) mass is 457 g/mol. The molecule has 10 heteroatoms. The van der Waals surface area contributed by atoms with Gasteiger partial charge in [-0.2, -0.15) is 5.26 Å². The predicted octanol–water partition coefficient (Wildman–Crippen LogP) is 3.07. The van der Waals surface area contributed by atoms with Crippen LogP contribution in [0.2, 0.25) is 0 Å². The number of esters is 1. The van der Waals surface area contributed by atoms with E-state index in [1.165, 1.54) is 42.5 Å². The van der Waals surface area contributed by atoms with Crippen molar-refractivity contribution in [1.29, 1.82) is 5.26 Å². The van der Waals surface area contributed by atoms with Crippen LogP contribution in [0.5, 0.6) is 0 Å². The summed E-state index contributed by atoms with van der Waals surface area (Å²) in [5.74, 6) is -6.19. The number of ether oxygens (including phenoxy) is 1. The highest BCUT2D eigenvalue weighted by atomic mass is 32.2. The van der Waals surface area contributed by atoms with Gasteiger partial charge in [0.1, 0.15) is 17.6 Å². The maximum Gasteiger partial charge on any atom is 0.319 e. The van der Waals surface area contributed by atoms with E-state index in [-0.39, 0.29) is 21.9 Å². The van der Waals surface area contributed by atoms with Crippen LogP contribution in [0.15, 0.2) is 59.1 Å². The zero-order valence-corrected chi connectivity index (χ0v) is 17.5. The minimum Gasteiger partial charge on any atom is -0.468 e. The third kappa shape index (κ3) is 4.95. The van der Waals surface area contributed by atoms with E-state index in [1.807, 2.05) is 6.07 Å². The lowest BCUT2D eigenvalue weighted by Gasteiger charge is -2.31. The summed E-state index contributed by atoms with van der Waals surface area (Å²) in [6, 6.07) is 12.6. The Bertz CT molecular complexity index is 1130. The Morgan fingerprint density at radius 1 is 1.19 bits per heavy atom. The van der Waals surface area contributed by atoms with Gasteiger partial charge in [0.2, 0.25) is 11.8 Å². The average molecular weight is 457 g/mol. The Morgan fingerprint density at radius 2 is 1.88 bits per heavy atom. The Kier molecular flexibility index (Phi) is 7.22. The Labute approximate surface area is 186 Å². The van der Waals surface area contributed by atoms with Gasteiger partial charge in [-0.25, -0.2) is 8.78 Å². The minimum absolute atomic E-state index is 0.0110. The first-order chi connectivity index (χ1) is 15.3. The molecule has 0 saturated heterocycles. The number of nitrogens with zero attached hydrogens (tertiary/aromatic N) is 1. The van der Waals surface area contributed by atoms with E-state index in [1.54, 1.807) is 0 Å². The fourth-order valence-corrected chi connectivity index (χ4v) is 4.10. The molecule has 0 aliphatic carbocycles. The zero-order valence-electron chi connectivity index (χ0n) is 16.7. The Morgan fingerprint density at radius 3 is 2.50 bits per heavy atom. The molecule has 2 aromatic carbocycles. The van der Waals surface area contributed by atoms with Crippen LogP contribution in [0.1, 0.15) is 11.5 Å². The second-order valence-corrected chi connectivity index (χ2v) is 7.67. The minimum atomic E-state index is -1.47. The van der Waals surface area contributed by atoms with Crippen molar-refractivity contribution in [3.05, 3.63) is 76.3 Å². The number of thioether (sulfide) groups is 1. The summed E-state index contributed by atoms with van der Waals surface area (Å²) in [5.41, 5.74) is 0.294. The van der Waals surface area contributed by atoms with Gasteiger partial charge in [-0.1, -0.05) is 30.0 Å². The molecule has 32 heavy (non-hydrogen) atoms. The van der Waals surface area contributed by atoms with E-state index in [0.717, 1.165) is 24.9 Å². The second-order valence-electron chi connectivity index (χ2n) is 6.69. The number of nitriles is 1. The van der Waals surface area contributed by atoms with Gasteiger partial charge in [0.25, 0.3) is 0 Å². The lowest BCUT2D eigenvalue weighted by atomic mass is 9.78. The highest BCUT2D eigenvalue weighted by molar-refractivity contribution is 8.03. The Hall–Kier alpha value is -3.71. The van der Waals surface area contributed by atoms with Gasteiger partial charge in [0.05, 0.1) is 29.5 Å². The molecule has 0 unspecified atom stereocenters. The van der Waals surface area contributed by atoms with Gasteiger partial charge in [-0.3, -0.25) is 14.4 Å². The van der Waals surface area contributed by atoms with Gasteiger partial charge >= 0.3 is 5.97 Å². The molecule has 2 aromatic rings. The molecule has 1 heterocycles. The summed E-state index contributed by atoms with van der Waals surface area (Å²) in [6.45, 7) is 0. The number of carbonyl (C=O) groups is 3. The highest BCUT2D eigenvalue weighted by Gasteiger charge is 2.45. The first-order valence-corrected chi connectivity index (χ1v) is 10.3. The first-order valence-electron chi connectivity index (χ1n) is 9.31. The quantitative estimate of drug-likeness (QED) is 0.510. The molecule has 0 aromatic heterocycles. The van der Waals surface area contributed by atoms with Crippen molar-refractivity contribution in [3.63, 3.8) is 0 Å². The van der Waals surface area contributed by atoms with Crippen molar-refractivity contribution >= 4 is 35.2 Å². The van der Waals surface area contributed by atoms with Crippen LogP contribution in [-0.2, 0) is 19.1 Å². The van der Waals surface area contributed by atoms with Crippen LogP contribution < -0.4 is 10.6 Å². The molecule has 1 aliphatic heterocycles. The lowest BCUT2D eigenvalue weighted by molar-refractivity contribution is -0.150. The number of allylic oxidation sites excluding steroid dienone is 1. The smallest absolute Gasteiger partial charge is 0.319 e. The van der Waals surface area contributed by atoms with Crippen LogP contribution >= 0.6 is 11.8 Å². The van der Waals surface area contributed by atoms with Crippen molar-refractivity contribution < 1.29 is 27.9 Å². The summed E-state index contributed by atoms with van der Waals surface area (Å²) < 4.78 is 32.3. The molecular weight excluding hydrogens is 440 g/mol. The van der Waals surface area contributed by atoms with E-state index in [9.17, 15) is 28.4 Å². The molecule has 164 valence electrons. The van der Waals surface area contributed by atoms with Crippen LogP contribution in [-0.4, -0.2) is 30.6 Å². The number of nitrogens with one attached hydrogen (secondary N) is 2. The van der Waals surface area contributed by atoms with E-state index >= 15 is 0 Å². The van der Waals surface area contributed by atoms with Crippen LogP contribution in [0.3, 0.4) is 0 Å². The molecule has 0 radical (unpaired) electrons. The molecular formula is C22H17F2N3O4S. The van der Waals surface area contributed by atoms with Crippen LogP contribution in [0.4, 0.5) is 14.5 Å². The number of anilines is 1.